The molecule has 2 N–H and O–H groups in total. The van der Waals surface area contributed by atoms with E-state index in [1.54, 1.807) is 19.3 Å². The van der Waals surface area contributed by atoms with Gasteiger partial charge in [-0.3, -0.25) is 4.98 Å². The summed E-state index contributed by atoms with van der Waals surface area (Å²) in [5.74, 6) is 0.473. The van der Waals surface area contributed by atoms with Crippen LogP contribution in [0.15, 0.2) is 35.9 Å². The van der Waals surface area contributed by atoms with Crippen molar-refractivity contribution in [2.45, 2.75) is 18.5 Å². The Labute approximate surface area is 127 Å². The average molecular weight is 304 g/mol. The van der Waals surface area contributed by atoms with Gasteiger partial charge in [0.15, 0.2) is 5.16 Å². The molecule has 0 amide bonds. The number of anilines is 1. The number of nitrogen functional groups attached to an aromatic ring is 1. The Kier molecular flexibility index (Phi) is 5.51. The number of hydrogen-bond donors (Lipinski definition) is 1. The number of aromatic nitrogens is 3. The zero-order chi connectivity index (χ0) is 15.1. The number of nitrogens with two attached hydrogens (primary N) is 1. The van der Waals surface area contributed by atoms with Crippen LogP contribution in [0.4, 0.5) is 5.82 Å². The first kappa shape index (κ1) is 15.2. The number of pyridine rings is 1. The molecule has 2 rings (SSSR count). The van der Waals surface area contributed by atoms with Gasteiger partial charge < -0.3 is 10.5 Å². The third kappa shape index (κ3) is 4.42. The van der Waals surface area contributed by atoms with Crippen LogP contribution in [-0.4, -0.2) is 33.3 Å². The minimum atomic E-state index is -0.497. The SMILES string of the molecule is CCOC(=O)c1cnc(SCCc2ccncc2)nc1N. The summed E-state index contributed by atoms with van der Waals surface area (Å²) in [6.07, 6.45) is 5.83. The van der Waals surface area contributed by atoms with Gasteiger partial charge in [-0.05, 0) is 31.0 Å². The molecule has 0 bridgehead atoms. The number of aryl methyl sites for hydroxylation is 1. The van der Waals surface area contributed by atoms with Crippen molar-refractivity contribution in [1.29, 1.82) is 0 Å². The van der Waals surface area contributed by atoms with Crippen LogP contribution in [0.1, 0.15) is 22.8 Å². The van der Waals surface area contributed by atoms with E-state index in [1.807, 2.05) is 12.1 Å². The number of hydrogen-bond acceptors (Lipinski definition) is 7. The molecule has 0 spiro atoms. The van der Waals surface area contributed by atoms with E-state index in [-0.39, 0.29) is 11.4 Å². The highest BCUT2D eigenvalue weighted by Crippen LogP contribution is 2.18. The highest BCUT2D eigenvalue weighted by atomic mass is 32.2. The number of carbonyl (C=O) groups excluding carboxylic acids is 1. The summed E-state index contributed by atoms with van der Waals surface area (Å²) in [5, 5.41) is 0.551. The lowest BCUT2D eigenvalue weighted by Crippen LogP contribution is -2.10. The molecule has 0 radical (unpaired) electrons. The van der Waals surface area contributed by atoms with E-state index in [0.717, 1.165) is 12.2 Å². The molecule has 0 aliphatic heterocycles. The molecule has 0 aliphatic carbocycles. The lowest BCUT2D eigenvalue weighted by atomic mass is 10.2. The first-order chi connectivity index (χ1) is 10.2. The van der Waals surface area contributed by atoms with Gasteiger partial charge in [0.2, 0.25) is 0 Å². The van der Waals surface area contributed by atoms with E-state index < -0.39 is 5.97 Å². The zero-order valence-electron chi connectivity index (χ0n) is 11.7. The minimum absolute atomic E-state index is 0.148. The van der Waals surface area contributed by atoms with Crippen LogP contribution in [-0.2, 0) is 11.2 Å². The molecule has 0 aromatic carbocycles. The Hall–Kier alpha value is -2.15. The predicted molar refractivity (Wildman–Crippen MR) is 81.1 cm³/mol. The number of carbonyl (C=O) groups is 1. The van der Waals surface area contributed by atoms with Crippen molar-refractivity contribution in [3.05, 3.63) is 41.9 Å². The molecule has 0 atom stereocenters. The molecule has 21 heavy (non-hydrogen) atoms. The number of esters is 1. The van der Waals surface area contributed by atoms with Gasteiger partial charge in [-0.1, -0.05) is 11.8 Å². The summed E-state index contributed by atoms with van der Waals surface area (Å²) >= 11 is 1.49. The maximum absolute atomic E-state index is 11.6. The molecule has 2 aromatic rings. The second kappa shape index (κ2) is 7.58. The van der Waals surface area contributed by atoms with Gasteiger partial charge in [0, 0.05) is 24.3 Å². The van der Waals surface area contributed by atoms with E-state index in [2.05, 4.69) is 15.0 Å². The number of thioether (sulfide) groups is 1. The van der Waals surface area contributed by atoms with Crippen LogP contribution in [0.3, 0.4) is 0 Å². The van der Waals surface area contributed by atoms with Crippen LogP contribution in [0.25, 0.3) is 0 Å². The summed E-state index contributed by atoms with van der Waals surface area (Å²) in [7, 11) is 0. The van der Waals surface area contributed by atoms with Crippen molar-refractivity contribution >= 4 is 23.5 Å². The van der Waals surface area contributed by atoms with Crippen molar-refractivity contribution in [3.63, 3.8) is 0 Å². The van der Waals surface area contributed by atoms with Gasteiger partial charge in [0.1, 0.15) is 11.4 Å². The van der Waals surface area contributed by atoms with Gasteiger partial charge >= 0.3 is 5.97 Å². The smallest absolute Gasteiger partial charge is 0.343 e. The van der Waals surface area contributed by atoms with Gasteiger partial charge in [-0.15, -0.1) is 0 Å². The standard InChI is InChI=1S/C14H16N4O2S/c1-2-20-13(19)11-9-17-14(18-12(11)15)21-8-5-10-3-6-16-7-4-10/h3-4,6-7,9H,2,5,8H2,1H3,(H2,15,17,18). The summed E-state index contributed by atoms with van der Waals surface area (Å²) in [5.41, 5.74) is 7.17. The van der Waals surface area contributed by atoms with Gasteiger partial charge in [-0.25, -0.2) is 14.8 Å². The van der Waals surface area contributed by atoms with Gasteiger partial charge in [0.25, 0.3) is 0 Å². The summed E-state index contributed by atoms with van der Waals surface area (Å²) < 4.78 is 4.88. The number of rotatable bonds is 6. The maximum atomic E-state index is 11.6. The van der Waals surface area contributed by atoms with E-state index in [4.69, 9.17) is 10.5 Å². The fourth-order valence-corrected chi connectivity index (χ4v) is 2.43. The third-order valence-electron chi connectivity index (χ3n) is 2.66. The highest BCUT2D eigenvalue weighted by molar-refractivity contribution is 7.99. The molecule has 6 nitrogen and oxygen atoms in total. The lowest BCUT2D eigenvalue weighted by Gasteiger charge is -2.06. The molecule has 2 aromatic heterocycles. The first-order valence-corrected chi connectivity index (χ1v) is 7.50. The van der Waals surface area contributed by atoms with Crippen LogP contribution in [0.5, 0.6) is 0 Å². The topological polar surface area (TPSA) is 91.0 Å². The highest BCUT2D eigenvalue weighted by Gasteiger charge is 2.13. The molecule has 110 valence electrons. The van der Waals surface area contributed by atoms with Gasteiger partial charge in [0.05, 0.1) is 6.61 Å². The molecule has 2 heterocycles. The number of nitrogens with zero attached hydrogens (tertiary/aromatic N) is 3. The van der Waals surface area contributed by atoms with Crippen LogP contribution in [0, 0.1) is 0 Å². The molecule has 0 fully saturated rings. The molecule has 0 saturated heterocycles. The normalized spacial score (nSPS) is 10.3. The number of ether oxygens (including phenoxy) is 1. The molecular formula is C14H16N4O2S. The van der Waals surface area contributed by atoms with Crippen molar-refractivity contribution < 1.29 is 9.53 Å². The van der Waals surface area contributed by atoms with E-state index in [1.165, 1.54) is 23.5 Å². The Bertz CT molecular complexity index is 607. The first-order valence-electron chi connectivity index (χ1n) is 6.52. The fraction of sp³-hybridized carbons (Fsp3) is 0.286. The third-order valence-corrected chi connectivity index (χ3v) is 3.53. The Balaban J connectivity index is 1.93. The van der Waals surface area contributed by atoms with Crippen LogP contribution >= 0.6 is 11.8 Å². The largest absolute Gasteiger partial charge is 0.462 e. The maximum Gasteiger partial charge on any atom is 0.343 e. The van der Waals surface area contributed by atoms with E-state index in [9.17, 15) is 4.79 Å². The minimum Gasteiger partial charge on any atom is -0.462 e. The fourth-order valence-electron chi connectivity index (χ4n) is 1.62. The molecular weight excluding hydrogens is 288 g/mol. The molecule has 0 aliphatic rings. The predicted octanol–water partition coefficient (Wildman–Crippen LogP) is 1.97. The quantitative estimate of drug-likeness (QED) is 0.495. The Morgan fingerprint density at radius 2 is 2.14 bits per heavy atom. The van der Waals surface area contributed by atoms with Crippen molar-refractivity contribution in [1.82, 2.24) is 15.0 Å². The molecule has 0 unspecified atom stereocenters. The van der Waals surface area contributed by atoms with E-state index in [0.29, 0.717) is 11.8 Å². The van der Waals surface area contributed by atoms with Crippen molar-refractivity contribution in [2.24, 2.45) is 0 Å². The van der Waals surface area contributed by atoms with Crippen LogP contribution < -0.4 is 5.73 Å². The summed E-state index contributed by atoms with van der Waals surface area (Å²) in [6.45, 7) is 2.03. The van der Waals surface area contributed by atoms with Crippen LogP contribution in [0.2, 0.25) is 0 Å². The van der Waals surface area contributed by atoms with Gasteiger partial charge in [-0.2, -0.15) is 0 Å². The van der Waals surface area contributed by atoms with Crippen molar-refractivity contribution in [2.75, 3.05) is 18.1 Å². The van der Waals surface area contributed by atoms with E-state index >= 15 is 0 Å². The summed E-state index contributed by atoms with van der Waals surface area (Å²) in [6, 6.07) is 3.94. The molecule has 7 heteroatoms. The Morgan fingerprint density at radius 1 is 1.38 bits per heavy atom. The zero-order valence-corrected chi connectivity index (χ0v) is 12.5. The monoisotopic (exact) mass is 304 g/mol. The summed E-state index contributed by atoms with van der Waals surface area (Å²) in [4.78, 5) is 23.8. The average Bonchev–Trinajstić information content (AvgIpc) is 2.48. The second-order valence-corrected chi connectivity index (χ2v) is 5.19. The second-order valence-electron chi connectivity index (χ2n) is 4.13. The molecule has 0 saturated carbocycles. The van der Waals surface area contributed by atoms with Crippen molar-refractivity contribution in [3.8, 4) is 0 Å². The Morgan fingerprint density at radius 3 is 2.81 bits per heavy atom. The lowest BCUT2D eigenvalue weighted by molar-refractivity contribution is 0.0526.